The van der Waals surface area contributed by atoms with Crippen molar-refractivity contribution < 1.29 is 33.8 Å². The molecule has 7 nitrogen and oxygen atoms in total. The van der Waals surface area contributed by atoms with Gasteiger partial charge >= 0.3 is 11.9 Å². The number of aliphatic carboxylic acids is 1. The van der Waals surface area contributed by atoms with Crippen molar-refractivity contribution >= 4 is 17.7 Å². The highest BCUT2D eigenvalue weighted by Crippen LogP contribution is 2.16. The molecule has 0 radical (unpaired) electrons. The summed E-state index contributed by atoms with van der Waals surface area (Å²) in [7, 11) is 5.67. The van der Waals surface area contributed by atoms with Gasteiger partial charge in [-0.15, -0.1) is 0 Å². The van der Waals surface area contributed by atoms with E-state index in [0.29, 0.717) is 17.4 Å². The van der Waals surface area contributed by atoms with Crippen molar-refractivity contribution in [3.63, 3.8) is 0 Å². The molecule has 0 saturated carbocycles. The maximum absolute atomic E-state index is 12.1. The molecule has 2 N–H and O–H groups in total. The van der Waals surface area contributed by atoms with Crippen molar-refractivity contribution in [3.8, 4) is 0 Å². The minimum Gasteiger partial charge on any atom is -0.481 e. The van der Waals surface area contributed by atoms with Crippen LogP contribution in [-0.2, 0) is 19.1 Å². The predicted molar refractivity (Wildman–Crippen MR) is 89.4 cm³/mol. The molecule has 0 aromatic heterocycles. The van der Waals surface area contributed by atoms with E-state index in [2.05, 4.69) is 0 Å². The fourth-order valence-corrected chi connectivity index (χ4v) is 2.30. The fourth-order valence-electron chi connectivity index (χ4n) is 2.30. The normalized spacial score (nSPS) is 14.8. The van der Waals surface area contributed by atoms with Crippen molar-refractivity contribution in [3.05, 3.63) is 0 Å². The van der Waals surface area contributed by atoms with Gasteiger partial charge in [0.1, 0.15) is 12.3 Å². The second-order valence-electron chi connectivity index (χ2n) is 8.10. The number of ether oxygens (including phenoxy) is 1. The molecule has 0 aliphatic heterocycles. The van der Waals surface area contributed by atoms with E-state index in [-0.39, 0.29) is 25.0 Å². The van der Waals surface area contributed by atoms with Gasteiger partial charge in [0.05, 0.1) is 39.1 Å². The van der Waals surface area contributed by atoms with Gasteiger partial charge in [0.2, 0.25) is 0 Å². The van der Waals surface area contributed by atoms with Crippen LogP contribution >= 0.6 is 0 Å². The number of hydrogen-bond acceptors (Lipinski definition) is 5. The van der Waals surface area contributed by atoms with Crippen molar-refractivity contribution in [2.75, 3.05) is 27.7 Å². The molecular formula is C17H32NO6+. The number of rotatable bonds is 11. The van der Waals surface area contributed by atoms with Gasteiger partial charge < -0.3 is 19.4 Å². The second-order valence-corrected chi connectivity index (χ2v) is 8.10. The third-order valence-electron chi connectivity index (χ3n) is 3.32. The van der Waals surface area contributed by atoms with Gasteiger partial charge in [0.15, 0.2) is 6.10 Å². The van der Waals surface area contributed by atoms with E-state index in [4.69, 9.17) is 9.84 Å². The van der Waals surface area contributed by atoms with Crippen molar-refractivity contribution in [2.45, 2.75) is 58.2 Å². The van der Waals surface area contributed by atoms with Gasteiger partial charge in [-0.1, -0.05) is 6.92 Å². The highest BCUT2D eigenvalue weighted by Gasteiger charge is 2.27. The Labute approximate surface area is 144 Å². The molecule has 0 heterocycles. The van der Waals surface area contributed by atoms with E-state index in [1.807, 2.05) is 21.1 Å². The van der Waals surface area contributed by atoms with Crippen LogP contribution in [0.25, 0.3) is 0 Å². The summed E-state index contributed by atoms with van der Waals surface area (Å²) in [6.45, 7) is 5.17. The Hall–Kier alpha value is -1.47. The molecule has 0 aromatic carbocycles. The number of carboxylic acids is 1. The summed E-state index contributed by atoms with van der Waals surface area (Å²) in [5.74, 6) is -2.13. The van der Waals surface area contributed by atoms with Crippen molar-refractivity contribution in [1.82, 2.24) is 0 Å². The summed E-state index contributed by atoms with van der Waals surface area (Å²) < 4.78 is 5.81. The van der Waals surface area contributed by atoms with E-state index in [0.717, 1.165) is 0 Å². The summed E-state index contributed by atoms with van der Waals surface area (Å²) >= 11 is 0. The van der Waals surface area contributed by atoms with E-state index in [1.54, 1.807) is 20.8 Å². The zero-order chi connectivity index (χ0) is 19.1. The zero-order valence-corrected chi connectivity index (χ0v) is 15.7. The van der Waals surface area contributed by atoms with Crippen LogP contribution in [0, 0.1) is 5.92 Å². The van der Waals surface area contributed by atoms with Crippen LogP contribution in [0.2, 0.25) is 0 Å². The lowest BCUT2D eigenvalue weighted by Crippen LogP contribution is -2.44. The molecule has 0 fully saturated rings. The van der Waals surface area contributed by atoms with Crippen LogP contribution < -0.4 is 0 Å². The van der Waals surface area contributed by atoms with E-state index >= 15 is 0 Å². The average Bonchev–Trinajstić information content (AvgIpc) is 2.30. The van der Waals surface area contributed by atoms with E-state index in [1.165, 1.54) is 0 Å². The molecule has 0 bridgehead atoms. The topological polar surface area (TPSA) is 101 Å². The summed E-state index contributed by atoms with van der Waals surface area (Å²) in [5, 5.41) is 18.6. The molecule has 2 unspecified atom stereocenters. The molecule has 0 saturated heterocycles. The summed E-state index contributed by atoms with van der Waals surface area (Å²) in [6.07, 6.45) is -0.412. The van der Waals surface area contributed by atoms with Gasteiger partial charge in [0.25, 0.3) is 0 Å². The molecule has 140 valence electrons. The van der Waals surface area contributed by atoms with E-state index in [9.17, 15) is 19.5 Å². The smallest absolute Gasteiger partial charge is 0.309 e. The van der Waals surface area contributed by atoms with Crippen LogP contribution in [0.5, 0.6) is 0 Å². The summed E-state index contributed by atoms with van der Waals surface area (Å²) in [6, 6.07) is 0. The third-order valence-corrected chi connectivity index (χ3v) is 3.32. The standard InChI is InChI=1S/C17H31NO6/c1-12(7-8-13(19)10-17(2,3)23)16(22)24-14(9-15(20)21)11-18(4,5)6/h12,14,23H,7-11H2,1-6H3/p+1. The quantitative estimate of drug-likeness (QED) is 0.431. The Balaban J connectivity index is 4.53. The first kappa shape index (κ1) is 22.5. The number of aliphatic hydroxyl groups is 1. The largest absolute Gasteiger partial charge is 0.481 e. The van der Waals surface area contributed by atoms with Gasteiger partial charge in [-0.2, -0.15) is 0 Å². The molecular weight excluding hydrogens is 314 g/mol. The lowest BCUT2D eigenvalue weighted by atomic mass is 9.96. The number of carbonyl (C=O) groups excluding carboxylic acids is 2. The van der Waals surface area contributed by atoms with Crippen molar-refractivity contribution in [1.29, 1.82) is 0 Å². The summed E-state index contributed by atoms with van der Waals surface area (Å²) in [4.78, 5) is 34.8. The maximum atomic E-state index is 12.1. The molecule has 0 rings (SSSR count). The second kappa shape index (κ2) is 9.13. The van der Waals surface area contributed by atoms with Crippen LogP contribution in [0.3, 0.4) is 0 Å². The Kier molecular flexibility index (Phi) is 8.57. The van der Waals surface area contributed by atoms with Gasteiger partial charge in [-0.05, 0) is 20.3 Å². The van der Waals surface area contributed by atoms with Crippen LogP contribution in [0.4, 0.5) is 0 Å². The van der Waals surface area contributed by atoms with Crippen LogP contribution in [0.1, 0.15) is 46.5 Å². The van der Waals surface area contributed by atoms with Gasteiger partial charge in [0, 0.05) is 12.8 Å². The molecule has 0 aliphatic rings. The maximum Gasteiger partial charge on any atom is 0.309 e. The van der Waals surface area contributed by atoms with E-state index < -0.39 is 29.6 Å². The first-order chi connectivity index (χ1) is 10.7. The molecule has 2 atom stereocenters. The van der Waals surface area contributed by atoms with Gasteiger partial charge in [-0.25, -0.2) is 0 Å². The summed E-state index contributed by atoms with van der Waals surface area (Å²) in [5.41, 5.74) is -1.06. The lowest BCUT2D eigenvalue weighted by Gasteiger charge is -2.29. The molecule has 0 amide bonds. The number of carboxylic acid groups (broad SMARTS) is 1. The number of ketones is 1. The molecule has 0 spiro atoms. The Morgan fingerprint density at radius 3 is 2.12 bits per heavy atom. The number of likely N-dealkylation sites (N-methyl/N-ethyl adjacent to an activating group) is 1. The minimum absolute atomic E-state index is 0.0396. The average molecular weight is 346 g/mol. The molecule has 7 heteroatoms. The number of esters is 1. The SMILES string of the molecule is CC(CCC(=O)CC(C)(C)O)C(=O)OC(CC(=O)O)C[N+](C)(C)C. The van der Waals surface area contributed by atoms with Gasteiger partial charge in [-0.3, -0.25) is 14.4 Å². The first-order valence-corrected chi connectivity index (χ1v) is 8.16. The zero-order valence-electron chi connectivity index (χ0n) is 15.7. The Bertz CT molecular complexity index is 447. The minimum atomic E-state index is -1.06. The van der Waals surface area contributed by atoms with Crippen molar-refractivity contribution in [2.24, 2.45) is 5.92 Å². The third kappa shape index (κ3) is 12.0. The predicted octanol–water partition coefficient (Wildman–Crippen LogP) is 1.23. The molecule has 24 heavy (non-hydrogen) atoms. The number of hydrogen-bond donors (Lipinski definition) is 2. The number of quaternary nitrogens is 1. The number of carbonyl (C=O) groups is 3. The molecule has 0 aliphatic carbocycles. The van der Waals surface area contributed by atoms with Crippen LogP contribution in [0.15, 0.2) is 0 Å². The Morgan fingerprint density at radius 1 is 1.17 bits per heavy atom. The molecule has 0 aromatic rings. The fraction of sp³-hybridized carbons (Fsp3) is 0.824. The highest BCUT2D eigenvalue weighted by molar-refractivity contribution is 5.80. The lowest BCUT2D eigenvalue weighted by molar-refractivity contribution is -0.873. The van der Waals surface area contributed by atoms with Crippen LogP contribution in [-0.4, -0.2) is 71.8 Å². The Morgan fingerprint density at radius 2 is 1.71 bits per heavy atom. The number of nitrogens with zero attached hydrogens (tertiary/aromatic N) is 1. The number of Topliss-reactive ketones (excluding diaryl/α,β-unsaturated/α-hetero) is 1. The monoisotopic (exact) mass is 346 g/mol. The highest BCUT2D eigenvalue weighted by atomic mass is 16.5. The first-order valence-electron chi connectivity index (χ1n) is 8.16.